The van der Waals surface area contributed by atoms with E-state index < -0.39 is 32.2 Å². The molecule has 0 aliphatic rings. The van der Waals surface area contributed by atoms with Crippen molar-refractivity contribution in [1.29, 1.82) is 0 Å². The van der Waals surface area contributed by atoms with Gasteiger partial charge in [0.15, 0.2) is 4.90 Å². The highest BCUT2D eigenvalue weighted by Crippen LogP contribution is 2.22. The number of hydrogen-bond donors (Lipinski definition) is 1. The van der Waals surface area contributed by atoms with Crippen LogP contribution in [-0.2, 0) is 30.7 Å². The molecule has 0 fully saturated rings. The van der Waals surface area contributed by atoms with Gasteiger partial charge in [-0.1, -0.05) is 0 Å². The lowest BCUT2D eigenvalue weighted by Gasteiger charge is -2.16. The number of sulfonamides is 1. The first-order valence-electron chi connectivity index (χ1n) is 7.84. The summed E-state index contributed by atoms with van der Waals surface area (Å²) in [4.78, 5) is 23.5. The Morgan fingerprint density at radius 3 is 2.36 bits per heavy atom. The Kier molecular flexibility index (Phi) is 5.05. The smallest absolute Gasteiger partial charge is 0.302 e. The lowest BCUT2D eigenvalue weighted by Crippen LogP contribution is -2.41. The normalized spacial score (nSPS) is 13.2. The van der Waals surface area contributed by atoms with Gasteiger partial charge in [0, 0.05) is 44.1 Å². The van der Waals surface area contributed by atoms with Crippen LogP contribution in [0.3, 0.4) is 0 Å². The highest BCUT2D eigenvalue weighted by Gasteiger charge is 2.26. The number of aromatic nitrogens is 4. The summed E-state index contributed by atoms with van der Waals surface area (Å²) >= 11 is 0. The second-order valence-corrected chi connectivity index (χ2v) is 7.68. The van der Waals surface area contributed by atoms with Gasteiger partial charge in [-0.3, -0.25) is 14.0 Å². The highest BCUT2D eigenvalue weighted by molar-refractivity contribution is 7.89. The van der Waals surface area contributed by atoms with Gasteiger partial charge in [0.1, 0.15) is 0 Å². The summed E-state index contributed by atoms with van der Waals surface area (Å²) in [5.41, 5.74) is 0.909. The van der Waals surface area contributed by atoms with Crippen LogP contribution in [0, 0.1) is 13.8 Å². The molecule has 9 nitrogen and oxygen atoms in total. The van der Waals surface area contributed by atoms with Crippen LogP contribution in [-0.4, -0.2) is 27.3 Å². The summed E-state index contributed by atoms with van der Waals surface area (Å²) < 4.78 is 31.5. The largest absolute Gasteiger partial charge is 0.330 e. The molecule has 2 aromatic rings. The Labute approximate surface area is 146 Å². The van der Waals surface area contributed by atoms with E-state index in [0.717, 1.165) is 32.3 Å². The predicted octanol–water partition coefficient (Wildman–Crippen LogP) is -0.0433. The van der Waals surface area contributed by atoms with Crippen LogP contribution in [0.2, 0.25) is 0 Å². The topological polar surface area (TPSA) is 108 Å². The molecule has 2 aromatic heterocycles. The van der Waals surface area contributed by atoms with E-state index in [0.29, 0.717) is 6.54 Å². The zero-order valence-corrected chi connectivity index (χ0v) is 16.0. The fourth-order valence-corrected chi connectivity index (χ4v) is 4.33. The van der Waals surface area contributed by atoms with Crippen LogP contribution in [0.15, 0.2) is 20.7 Å². The molecule has 0 amide bonds. The van der Waals surface area contributed by atoms with Gasteiger partial charge in [-0.25, -0.2) is 17.9 Å². The molecular formula is C15H23N5O4S. The molecule has 0 saturated carbocycles. The summed E-state index contributed by atoms with van der Waals surface area (Å²) in [6.07, 6.45) is 1.04. The van der Waals surface area contributed by atoms with Crippen molar-refractivity contribution in [2.45, 2.75) is 45.2 Å². The van der Waals surface area contributed by atoms with E-state index in [4.69, 9.17) is 0 Å². The first-order chi connectivity index (χ1) is 11.5. The zero-order valence-electron chi connectivity index (χ0n) is 15.2. The maximum Gasteiger partial charge on any atom is 0.330 e. The minimum Gasteiger partial charge on any atom is -0.302 e. The third-order valence-corrected chi connectivity index (χ3v) is 5.73. The third kappa shape index (κ3) is 3.31. The van der Waals surface area contributed by atoms with Crippen LogP contribution >= 0.6 is 0 Å². The molecule has 0 aromatic carbocycles. The van der Waals surface area contributed by atoms with Gasteiger partial charge >= 0.3 is 5.69 Å². The van der Waals surface area contributed by atoms with Crippen molar-refractivity contribution in [2.24, 2.45) is 14.1 Å². The van der Waals surface area contributed by atoms with Crippen molar-refractivity contribution in [3.8, 4) is 0 Å². The standard InChI is InChI=1S/C15H23N5O4S/c1-7-20-11(4)13(9(2)16-20)10(3)17-25(23,24)12-8-18(5)15(22)19(6)14(12)21/h8,10,17H,7H2,1-6H3/t10-/m0/s1. The quantitative estimate of drug-likeness (QED) is 0.795. The fraction of sp³-hybridized carbons (Fsp3) is 0.533. The summed E-state index contributed by atoms with van der Waals surface area (Å²) in [7, 11) is -1.48. The number of aryl methyl sites for hydroxylation is 3. The Morgan fingerprint density at radius 2 is 1.84 bits per heavy atom. The van der Waals surface area contributed by atoms with Crippen LogP contribution in [0.4, 0.5) is 0 Å². The van der Waals surface area contributed by atoms with Gasteiger partial charge in [-0.05, 0) is 27.7 Å². The summed E-state index contributed by atoms with van der Waals surface area (Å²) in [6.45, 7) is 8.00. The van der Waals surface area contributed by atoms with E-state index in [9.17, 15) is 18.0 Å². The lowest BCUT2D eigenvalue weighted by atomic mass is 10.1. The molecule has 25 heavy (non-hydrogen) atoms. The van der Waals surface area contributed by atoms with Crippen molar-refractivity contribution < 1.29 is 8.42 Å². The molecule has 0 saturated heterocycles. The average Bonchev–Trinajstić information content (AvgIpc) is 2.82. The first-order valence-corrected chi connectivity index (χ1v) is 9.32. The fourth-order valence-electron chi connectivity index (χ4n) is 2.96. The summed E-state index contributed by atoms with van der Waals surface area (Å²) in [5, 5.41) is 4.38. The van der Waals surface area contributed by atoms with Crippen LogP contribution in [0.5, 0.6) is 0 Å². The SMILES string of the molecule is CCn1nc(C)c([C@H](C)NS(=O)(=O)c2cn(C)c(=O)n(C)c2=O)c1C. The third-order valence-electron chi connectivity index (χ3n) is 4.21. The van der Waals surface area contributed by atoms with Crippen LogP contribution < -0.4 is 16.0 Å². The Morgan fingerprint density at radius 1 is 1.24 bits per heavy atom. The van der Waals surface area contributed by atoms with E-state index in [1.165, 1.54) is 14.1 Å². The number of nitrogens with zero attached hydrogens (tertiary/aromatic N) is 4. The molecule has 0 spiro atoms. The molecular weight excluding hydrogens is 346 g/mol. The highest BCUT2D eigenvalue weighted by atomic mass is 32.2. The van der Waals surface area contributed by atoms with E-state index in [1.54, 1.807) is 11.6 Å². The van der Waals surface area contributed by atoms with Crippen molar-refractivity contribution in [3.63, 3.8) is 0 Å². The second kappa shape index (κ2) is 6.60. The van der Waals surface area contributed by atoms with Gasteiger partial charge in [0.25, 0.3) is 5.56 Å². The number of rotatable bonds is 5. The van der Waals surface area contributed by atoms with Crippen molar-refractivity contribution in [2.75, 3.05) is 0 Å². The monoisotopic (exact) mass is 369 g/mol. The second-order valence-electron chi connectivity index (χ2n) is 5.99. The molecule has 0 aliphatic heterocycles. The minimum absolute atomic E-state index is 0.470. The van der Waals surface area contributed by atoms with E-state index in [1.807, 2.05) is 20.8 Å². The van der Waals surface area contributed by atoms with Gasteiger partial charge in [-0.15, -0.1) is 0 Å². The molecule has 1 atom stereocenters. The molecule has 2 rings (SSSR count). The molecule has 0 aliphatic carbocycles. The summed E-state index contributed by atoms with van der Waals surface area (Å²) in [5.74, 6) is 0. The molecule has 2 heterocycles. The molecule has 1 N–H and O–H groups in total. The number of nitrogens with one attached hydrogen (secondary N) is 1. The van der Waals surface area contributed by atoms with Crippen molar-refractivity contribution >= 4 is 10.0 Å². The maximum atomic E-state index is 12.7. The zero-order chi connectivity index (χ0) is 19.1. The van der Waals surface area contributed by atoms with Gasteiger partial charge < -0.3 is 4.57 Å². The molecule has 138 valence electrons. The maximum absolute atomic E-state index is 12.7. The van der Waals surface area contributed by atoms with Gasteiger partial charge in [0.05, 0.1) is 5.69 Å². The van der Waals surface area contributed by atoms with E-state index in [-0.39, 0.29) is 0 Å². The van der Waals surface area contributed by atoms with Crippen molar-refractivity contribution in [1.82, 2.24) is 23.6 Å². The first kappa shape index (κ1) is 19.1. The number of hydrogen-bond acceptors (Lipinski definition) is 5. The minimum atomic E-state index is -4.11. The molecule has 0 unspecified atom stereocenters. The van der Waals surface area contributed by atoms with Crippen molar-refractivity contribution in [3.05, 3.63) is 44.0 Å². The molecule has 0 radical (unpaired) electrons. The Bertz CT molecular complexity index is 1030. The van der Waals surface area contributed by atoms with Gasteiger partial charge in [-0.2, -0.15) is 5.10 Å². The van der Waals surface area contributed by atoms with Gasteiger partial charge in [0.2, 0.25) is 10.0 Å². The van der Waals surface area contributed by atoms with Crippen LogP contribution in [0.1, 0.15) is 36.8 Å². The molecule has 0 bridgehead atoms. The Balaban J connectivity index is 2.49. The lowest BCUT2D eigenvalue weighted by molar-refractivity contribution is 0.556. The van der Waals surface area contributed by atoms with Crippen LogP contribution in [0.25, 0.3) is 0 Å². The molecule has 10 heteroatoms. The predicted molar refractivity (Wildman–Crippen MR) is 93.0 cm³/mol. The summed E-state index contributed by atoms with van der Waals surface area (Å²) in [6, 6.07) is -0.577. The van der Waals surface area contributed by atoms with E-state index in [2.05, 4.69) is 9.82 Å². The average molecular weight is 369 g/mol. The van der Waals surface area contributed by atoms with E-state index >= 15 is 0 Å². The Hall–Kier alpha value is -2.20.